The predicted octanol–water partition coefficient (Wildman–Crippen LogP) is 3.15. The molecule has 1 aromatic heterocycles. The fourth-order valence-corrected chi connectivity index (χ4v) is 4.62. The molecule has 2 heterocycles. The highest BCUT2D eigenvalue weighted by Crippen LogP contribution is 2.40. The Morgan fingerprint density at radius 3 is 2.66 bits per heavy atom. The van der Waals surface area contributed by atoms with Gasteiger partial charge in [-0.3, -0.25) is 9.59 Å². The molecule has 1 aliphatic carbocycles. The van der Waals surface area contributed by atoms with Crippen LogP contribution >= 0.6 is 11.3 Å². The van der Waals surface area contributed by atoms with Gasteiger partial charge in [0.25, 0.3) is 5.91 Å². The number of nitrogens with zero attached hydrogens (tertiary/aromatic N) is 1. The van der Waals surface area contributed by atoms with Crippen LogP contribution in [-0.2, 0) is 4.79 Å². The number of carbonyl (C=O) groups is 2. The monoisotopic (exact) mass is 414 g/mol. The minimum Gasteiger partial charge on any atom is -0.497 e. The van der Waals surface area contributed by atoms with Crippen LogP contribution in [0.5, 0.6) is 11.5 Å². The third-order valence-corrected chi connectivity index (χ3v) is 6.64. The number of hydrogen-bond acceptors (Lipinski definition) is 5. The summed E-state index contributed by atoms with van der Waals surface area (Å²) in [6, 6.07) is 9.36. The molecule has 2 atom stereocenters. The number of likely N-dealkylation sites (tertiary alicyclic amines) is 1. The molecule has 1 N–H and O–H groups in total. The molecule has 1 aromatic carbocycles. The molecule has 1 saturated heterocycles. The fraction of sp³-hybridized carbons (Fsp3) is 0.455. The Hall–Kier alpha value is -2.54. The first-order valence-electron chi connectivity index (χ1n) is 9.93. The number of benzene rings is 1. The fourth-order valence-electron chi connectivity index (χ4n) is 3.93. The normalized spacial score (nSPS) is 21.1. The van der Waals surface area contributed by atoms with Crippen LogP contribution < -0.4 is 14.8 Å². The van der Waals surface area contributed by atoms with Gasteiger partial charge in [0, 0.05) is 37.2 Å². The third kappa shape index (κ3) is 4.24. The van der Waals surface area contributed by atoms with Crippen molar-refractivity contribution in [2.24, 2.45) is 11.8 Å². The van der Waals surface area contributed by atoms with Crippen molar-refractivity contribution >= 4 is 23.2 Å². The van der Waals surface area contributed by atoms with E-state index >= 15 is 0 Å². The minimum atomic E-state index is -0.306. The average Bonchev–Trinajstić information content (AvgIpc) is 3.23. The molecule has 6 nitrogen and oxygen atoms in total. The lowest BCUT2D eigenvalue weighted by Gasteiger charge is -2.21. The molecule has 2 amide bonds. The van der Waals surface area contributed by atoms with Crippen molar-refractivity contribution in [2.75, 3.05) is 33.9 Å². The smallest absolute Gasteiger partial charge is 0.263 e. The highest BCUT2D eigenvalue weighted by Gasteiger charge is 2.42. The lowest BCUT2D eigenvalue weighted by Crippen LogP contribution is -2.36. The average molecular weight is 415 g/mol. The van der Waals surface area contributed by atoms with Crippen LogP contribution in [0.25, 0.3) is 0 Å². The quantitative estimate of drug-likeness (QED) is 0.756. The first-order valence-corrected chi connectivity index (χ1v) is 10.8. The van der Waals surface area contributed by atoms with E-state index < -0.39 is 0 Å². The molecule has 2 fully saturated rings. The van der Waals surface area contributed by atoms with Crippen LogP contribution in [0.2, 0.25) is 0 Å². The molecule has 29 heavy (non-hydrogen) atoms. The summed E-state index contributed by atoms with van der Waals surface area (Å²) in [6.45, 7) is 1.62. The Labute approximate surface area is 174 Å². The zero-order valence-electron chi connectivity index (χ0n) is 16.7. The maximum Gasteiger partial charge on any atom is 0.263 e. The molecule has 7 heteroatoms. The van der Waals surface area contributed by atoms with Crippen molar-refractivity contribution in [3.63, 3.8) is 0 Å². The number of hydrogen-bond donors (Lipinski definition) is 1. The summed E-state index contributed by atoms with van der Waals surface area (Å²) in [5.74, 6) is 1.55. The highest BCUT2D eigenvalue weighted by molar-refractivity contribution is 7.12. The van der Waals surface area contributed by atoms with Crippen LogP contribution in [0.1, 0.15) is 34.0 Å². The standard InChI is InChI=1S/C22H26N2O4S/c1-27-15-7-8-16(19(10-15)28-2)17-12-24(22(26)20-4-3-9-29-20)13-18(17)21(25)23-11-14-5-6-14/h3-4,7-10,14,17-18H,5-6,11-13H2,1-2H3,(H,23,25). The van der Waals surface area contributed by atoms with E-state index in [1.165, 1.54) is 24.2 Å². The molecule has 4 rings (SSSR count). The second-order valence-electron chi connectivity index (χ2n) is 7.70. The first-order chi connectivity index (χ1) is 14.1. The topological polar surface area (TPSA) is 67.9 Å². The van der Waals surface area contributed by atoms with Crippen molar-refractivity contribution in [3.05, 3.63) is 46.2 Å². The Bertz CT molecular complexity index is 879. The number of methoxy groups -OCH3 is 2. The molecular formula is C22H26N2O4S. The van der Waals surface area contributed by atoms with Gasteiger partial charge in [-0.15, -0.1) is 11.3 Å². The highest BCUT2D eigenvalue weighted by atomic mass is 32.1. The van der Waals surface area contributed by atoms with Crippen LogP contribution in [0.3, 0.4) is 0 Å². The molecule has 2 aliphatic rings. The molecule has 0 radical (unpaired) electrons. The maximum atomic E-state index is 13.0. The van der Waals surface area contributed by atoms with Gasteiger partial charge in [-0.1, -0.05) is 12.1 Å². The Morgan fingerprint density at radius 2 is 2.00 bits per heavy atom. The summed E-state index contributed by atoms with van der Waals surface area (Å²) in [4.78, 5) is 28.5. The van der Waals surface area contributed by atoms with Gasteiger partial charge in [-0.05, 0) is 36.3 Å². The predicted molar refractivity (Wildman–Crippen MR) is 112 cm³/mol. The zero-order valence-corrected chi connectivity index (χ0v) is 17.5. The lowest BCUT2D eigenvalue weighted by atomic mass is 9.87. The van der Waals surface area contributed by atoms with Gasteiger partial charge in [0.2, 0.25) is 5.91 Å². The van der Waals surface area contributed by atoms with E-state index in [2.05, 4.69) is 5.32 Å². The van der Waals surface area contributed by atoms with E-state index in [0.29, 0.717) is 35.4 Å². The zero-order chi connectivity index (χ0) is 20.4. The number of carbonyl (C=O) groups excluding carboxylic acids is 2. The van der Waals surface area contributed by atoms with Crippen molar-refractivity contribution in [3.8, 4) is 11.5 Å². The van der Waals surface area contributed by atoms with Crippen molar-refractivity contribution in [1.82, 2.24) is 10.2 Å². The molecule has 1 aliphatic heterocycles. The van der Waals surface area contributed by atoms with Crippen molar-refractivity contribution in [1.29, 1.82) is 0 Å². The number of rotatable bonds is 7. The van der Waals surface area contributed by atoms with Gasteiger partial charge in [0.05, 0.1) is 25.0 Å². The molecule has 0 spiro atoms. The number of nitrogens with one attached hydrogen (secondary N) is 1. The lowest BCUT2D eigenvalue weighted by molar-refractivity contribution is -0.125. The van der Waals surface area contributed by atoms with Gasteiger partial charge >= 0.3 is 0 Å². The summed E-state index contributed by atoms with van der Waals surface area (Å²) < 4.78 is 10.9. The van der Waals surface area contributed by atoms with Crippen molar-refractivity contribution in [2.45, 2.75) is 18.8 Å². The van der Waals surface area contributed by atoms with Gasteiger partial charge in [-0.25, -0.2) is 0 Å². The van der Waals surface area contributed by atoms with E-state index in [-0.39, 0.29) is 23.7 Å². The Morgan fingerprint density at radius 1 is 1.17 bits per heavy atom. The second-order valence-corrected chi connectivity index (χ2v) is 8.64. The maximum absolute atomic E-state index is 13.0. The summed E-state index contributed by atoms with van der Waals surface area (Å²) in [5, 5.41) is 5.00. The van der Waals surface area contributed by atoms with Gasteiger partial charge in [-0.2, -0.15) is 0 Å². The summed E-state index contributed by atoms with van der Waals surface area (Å²) in [7, 11) is 3.23. The van der Waals surface area contributed by atoms with Crippen LogP contribution in [-0.4, -0.2) is 50.6 Å². The van der Waals surface area contributed by atoms with Crippen LogP contribution in [0.4, 0.5) is 0 Å². The minimum absolute atomic E-state index is 0.0150. The van der Waals surface area contributed by atoms with E-state index in [4.69, 9.17) is 9.47 Å². The number of ether oxygens (including phenoxy) is 2. The summed E-state index contributed by atoms with van der Waals surface area (Å²) in [5.41, 5.74) is 0.932. The summed E-state index contributed by atoms with van der Waals surface area (Å²) >= 11 is 1.43. The summed E-state index contributed by atoms with van der Waals surface area (Å²) in [6.07, 6.45) is 2.37. The molecule has 2 unspecified atom stereocenters. The van der Waals surface area contributed by atoms with E-state index in [1.54, 1.807) is 19.1 Å². The third-order valence-electron chi connectivity index (χ3n) is 5.78. The molecule has 2 aromatic rings. The number of thiophene rings is 1. The number of amides is 2. The van der Waals surface area contributed by atoms with Gasteiger partial charge in [0.15, 0.2) is 0 Å². The van der Waals surface area contributed by atoms with Crippen LogP contribution in [0.15, 0.2) is 35.7 Å². The SMILES string of the molecule is COc1ccc(C2CN(C(=O)c3cccs3)CC2C(=O)NCC2CC2)c(OC)c1. The Balaban J connectivity index is 1.60. The van der Waals surface area contributed by atoms with Gasteiger partial charge < -0.3 is 19.7 Å². The van der Waals surface area contributed by atoms with E-state index in [0.717, 1.165) is 12.1 Å². The molecule has 0 bridgehead atoms. The molecule has 1 saturated carbocycles. The van der Waals surface area contributed by atoms with E-state index in [1.807, 2.05) is 35.7 Å². The second kappa shape index (κ2) is 8.45. The Kier molecular flexibility index (Phi) is 5.76. The van der Waals surface area contributed by atoms with Gasteiger partial charge in [0.1, 0.15) is 11.5 Å². The van der Waals surface area contributed by atoms with Crippen molar-refractivity contribution < 1.29 is 19.1 Å². The molecular weight excluding hydrogens is 388 g/mol. The van der Waals surface area contributed by atoms with Crippen LogP contribution in [0, 0.1) is 11.8 Å². The largest absolute Gasteiger partial charge is 0.497 e. The first kappa shape index (κ1) is 19.8. The molecule has 154 valence electrons. The van der Waals surface area contributed by atoms with E-state index in [9.17, 15) is 9.59 Å².